The summed E-state index contributed by atoms with van der Waals surface area (Å²) in [5.41, 5.74) is -0.0709. The second-order valence-electron chi connectivity index (χ2n) is 3.10. The lowest BCUT2D eigenvalue weighted by Gasteiger charge is -2.07. The summed E-state index contributed by atoms with van der Waals surface area (Å²) < 4.78 is 28.4. The zero-order valence-electron chi connectivity index (χ0n) is 8.69. The summed E-state index contributed by atoms with van der Waals surface area (Å²) in [7, 11) is 0. The van der Waals surface area contributed by atoms with Crippen LogP contribution in [0.5, 0.6) is 5.75 Å². The van der Waals surface area contributed by atoms with Crippen molar-refractivity contribution in [2.45, 2.75) is 13.5 Å². The van der Waals surface area contributed by atoms with E-state index >= 15 is 0 Å². The summed E-state index contributed by atoms with van der Waals surface area (Å²) >= 11 is 5.67. The Balaban J connectivity index is 3.15. The van der Waals surface area contributed by atoms with Crippen molar-refractivity contribution >= 4 is 17.7 Å². The van der Waals surface area contributed by atoms with Crippen molar-refractivity contribution in [1.29, 1.82) is 0 Å². The second-order valence-corrected chi connectivity index (χ2v) is 3.54. The quantitative estimate of drug-likeness (QED) is 0.616. The maximum atomic E-state index is 12.1. The molecule has 0 amide bonds. The van der Waals surface area contributed by atoms with Gasteiger partial charge >= 0.3 is 6.61 Å². The van der Waals surface area contributed by atoms with Crippen molar-refractivity contribution in [3.8, 4) is 5.75 Å². The zero-order valence-corrected chi connectivity index (χ0v) is 9.45. The van der Waals surface area contributed by atoms with Crippen molar-refractivity contribution in [1.82, 2.24) is 0 Å². The van der Waals surface area contributed by atoms with Gasteiger partial charge in [0, 0.05) is 23.6 Å². The Morgan fingerprint density at radius 3 is 2.76 bits per heavy atom. The van der Waals surface area contributed by atoms with E-state index in [1.807, 2.05) is 0 Å². The van der Waals surface area contributed by atoms with Gasteiger partial charge in [0.15, 0.2) is 0 Å². The van der Waals surface area contributed by atoms with Crippen LogP contribution in [0.2, 0.25) is 5.02 Å². The van der Waals surface area contributed by atoms with E-state index in [9.17, 15) is 18.9 Å². The van der Waals surface area contributed by atoms with Crippen LogP contribution in [0, 0.1) is 10.1 Å². The molecule has 0 aliphatic rings. The minimum absolute atomic E-state index is 0.131. The molecule has 7 heteroatoms. The van der Waals surface area contributed by atoms with Gasteiger partial charge in [-0.15, -0.1) is 0 Å². The van der Waals surface area contributed by atoms with Gasteiger partial charge in [-0.1, -0.05) is 11.6 Å². The van der Waals surface area contributed by atoms with E-state index < -0.39 is 11.5 Å². The average molecular weight is 264 g/mol. The molecule has 17 heavy (non-hydrogen) atoms. The van der Waals surface area contributed by atoms with Gasteiger partial charge in [0.2, 0.25) is 5.70 Å². The van der Waals surface area contributed by atoms with Crippen LogP contribution in [0.15, 0.2) is 23.9 Å². The number of alkyl halides is 2. The van der Waals surface area contributed by atoms with Gasteiger partial charge in [0.25, 0.3) is 0 Å². The number of hydrogen-bond donors (Lipinski definition) is 0. The standard InChI is InChI=1S/C10H8ClF2NO3/c1-6(14(15)16)4-7-5-8(11)2-3-9(7)17-10(12)13/h2-5,10H,1H3. The van der Waals surface area contributed by atoms with Crippen molar-refractivity contribution in [3.63, 3.8) is 0 Å². The van der Waals surface area contributed by atoms with Gasteiger partial charge in [-0.05, 0) is 18.2 Å². The maximum Gasteiger partial charge on any atom is 0.387 e. The van der Waals surface area contributed by atoms with Gasteiger partial charge in [0.05, 0.1) is 4.92 Å². The lowest BCUT2D eigenvalue weighted by Crippen LogP contribution is -2.03. The Bertz CT molecular complexity index is 463. The van der Waals surface area contributed by atoms with Crippen molar-refractivity contribution in [3.05, 3.63) is 44.6 Å². The summed E-state index contributed by atoms with van der Waals surface area (Å²) in [4.78, 5) is 9.81. The van der Waals surface area contributed by atoms with E-state index in [-0.39, 0.29) is 22.0 Å². The molecular weight excluding hydrogens is 256 g/mol. The lowest BCUT2D eigenvalue weighted by atomic mass is 10.1. The fourth-order valence-corrected chi connectivity index (χ4v) is 1.29. The third-order valence-corrected chi connectivity index (χ3v) is 2.08. The molecule has 0 spiro atoms. The Labute approximate surface area is 101 Å². The number of halogens is 3. The van der Waals surface area contributed by atoms with Crippen LogP contribution < -0.4 is 4.74 Å². The predicted molar refractivity (Wildman–Crippen MR) is 58.7 cm³/mol. The number of hydrogen-bond acceptors (Lipinski definition) is 3. The number of rotatable bonds is 4. The molecule has 0 fully saturated rings. The Kier molecular flexibility index (Phi) is 4.39. The first-order chi connectivity index (χ1) is 7.90. The highest BCUT2D eigenvalue weighted by molar-refractivity contribution is 6.30. The normalized spacial score (nSPS) is 11.7. The molecule has 1 rings (SSSR count). The molecule has 0 saturated carbocycles. The molecule has 1 aromatic carbocycles. The minimum Gasteiger partial charge on any atom is -0.434 e. The molecule has 0 radical (unpaired) electrons. The summed E-state index contributed by atoms with van der Waals surface area (Å²) in [6, 6.07) is 3.90. The van der Waals surface area contributed by atoms with Crippen LogP contribution in [-0.4, -0.2) is 11.5 Å². The molecular formula is C10H8ClF2NO3. The maximum absolute atomic E-state index is 12.1. The topological polar surface area (TPSA) is 52.4 Å². The summed E-state index contributed by atoms with van der Waals surface area (Å²) in [6.07, 6.45) is 1.11. The van der Waals surface area contributed by atoms with Crippen LogP contribution in [0.1, 0.15) is 12.5 Å². The van der Waals surface area contributed by atoms with Crippen LogP contribution >= 0.6 is 11.6 Å². The fraction of sp³-hybridized carbons (Fsp3) is 0.200. The fourth-order valence-electron chi connectivity index (χ4n) is 1.11. The van der Waals surface area contributed by atoms with E-state index in [2.05, 4.69) is 4.74 Å². The SMILES string of the molecule is CC(=Cc1cc(Cl)ccc1OC(F)F)[N+](=O)[O-]. The van der Waals surface area contributed by atoms with Crippen LogP contribution in [0.4, 0.5) is 8.78 Å². The largest absolute Gasteiger partial charge is 0.434 e. The summed E-state index contributed by atoms with van der Waals surface area (Å²) in [5, 5.41) is 10.7. The van der Waals surface area contributed by atoms with Crippen molar-refractivity contribution in [2.75, 3.05) is 0 Å². The highest BCUT2D eigenvalue weighted by atomic mass is 35.5. The highest BCUT2D eigenvalue weighted by Crippen LogP contribution is 2.26. The number of benzene rings is 1. The monoisotopic (exact) mass is 263 g/mol. The zero-order chi connectivity index (χ0) is 13.0. The summed E-state index contributed by atoms with van der Waals surface area (Å²) in [6.45, 7) is -1.76. The van der Waals surface area contributed by atoms with Crippen molar-refractivity contribution < 1.29 is 18.4 Å². The first kappa shape index (κ1) is 13.4. The van der Waals surface area contributed by atoms with Crippen LogP contribution in [-0.2, 0) is 0 Å². The predicted octanol–water partition coefficient (Wildman–Crippen LogP) is 3.58. The Morgan fingerprint density at radius 2 is 2.24 bits per heavy atom. The molecule has 0 aliphatic heterocycles. The van der Waals surface area contributed by atoms with E-state index in [0.717, 1.165) is 6.08 Å². The van der Waals surface area contributed by atoms with Gasteiger partial charge in [-0.2, -0.15) is 8.78 Å². The lowest BCUT2D eigenvalue weighted by molar-refractivity contribution is -0.422. The van der Waals surface area contributed by atoms with Gasteiger partial charge < -0.3 is 4.74 Å². The molecule has 0 bridgehead atoms. The van der Waals surface area contributed by atoms with E-state index in [0.29, 0.717) is 0 Å². The molecule has 0 N–H and O–H groups in total. The van der Waals surface area contributed by atoms with Crippen molar-refractivity contribution in [2.24, 2.45) is 0 Å². The molecule has 0 heterocycles. The first-order valence-electron chi connectivity index (χ1n) is 4.47. The van der Waals surface area contributed by atoms with Gasteiger partial charge in [-0.3, -0.25) is 10.1 Å². The highest BCUT2D eigenvalue weighted by Gasteiger charge is 2.11. The smallest absolute Gasteiger partial charge is 0.387 e. The number of ether oxygens (including phenoxy) is 1. The number of allylic oxidation sites excluding steroid dienone is 1. The molecule has 0 saturated heterocycles. The minimum atomic E-state index is -3.00. The molecule has 1 aromatic rings. The third kappa shape index (κ3) is 3.99. The van der Waals surface area contributed by atoms with E-state index in [1.165, 1.54) is 25.1 Å². The molecule has 4 nitrogen and oxygen atoms in total. The van der Waals surface area contributed by atoms with Crippen LogP contribution in [0.25, 0.3) is 6.08 Å². The molecule has 0 aromatic heterocycles. The molecule has 92 valence electrons. The average Bonchev–Trinajstić information content (AvgIpc) is 2.21. The molecule has 0 atom stereocenters. The Hall–Kier alpha value is -1.69. The molecule has 0 aliphatic carbocycles. The first-order valence-corrected chi connectivity index (χ1v) is 4.85. The van der Waals surface area contributed by atoms with E-state index in [4.69, 9.17) is 11.6 Å². The van der Waals surface area contributed by atoms with E-state index in [1.54, 1.807) is 0 Å². The third-order valence-electron chi connectivity index (χ3n) is 1.84. The number of nitrogens with zero attached hydrogens (tertiary/aromatic N) is 1. The summed E-state index contributed by atoms with van der Waals surface area (Å²) in [5.74, 6) is -0.161. The number of nitro groups is 1. The van der Waals surface area contributed by atoms with Gasteiger partial charge in [0.1, 0.15) is 5.75 Å². The molecule has 0 unspecified atom stereocenters. The van der Waals surface area contributed by atoms with Gasteiger partial charge in [-0.25, -0.2) is 0 Å². The second kappa shape index (κ2) is 5.58. The Morgan fingerprint density at radius 1 is 1.59 bits per heavy atom. The van der Waals surface area contributed by atoms with Crippen LogP contribution in [0.3, 0.4) is 0 Å².